The Morgan fingerprint density at radius 3 is 2.06 bits per heavy atom. The SMILES string of the molecule is N#C/C=C\c1nc2ccccc2nc1-c1nc2ccc3nc4ccccc4nc3c2o1. The normalized spacial score (nSPS) is 11.7. The number of hydrogen-bond acceptors (Lipinski definition) is 7. The summed E-state index contributed by atoms with van der Waals surface area (Å²) in [6.07, 6.45) is 2.97. The van der Waals surface area contributed by atoms with Crippen molar-refractivity contribution in [1.29, 1.82) is 5.26 Å². The largest absolute Gasteiger partial charge is 0.432 e. The van der Waals surface area contributed by atoms with E-state index in [1.165, 1.54) is 6.08 Å². The number of fused-ring (bicyclic) bond motifs is 5. The lowest BCUT2D eigenvalue weighted by Crippen LogP contribution is -1.94. The zero-order valence-corrected chi connectivity index (χ0v) is 16.0. The van der Waals surface area contributed by atoms with Crippen LogP contribution in [0.5, 0.6) is 0 Å². The molecule has 3 heterocycles. The number of rotatable bonds is 2. The lowest BCUT2D eigenvalue weighted by atomic mass is 10.2. The number of hydrogen-bond donors (Lipinski definition) is 0. The average Bonchev–Trinajstić information content (AvgIpc) is 3.25. The van der Waals surface area contributed by atoms with Gasteiger partial charge in [0.05, 0.1) is 39.3 Å². The van der Waals surface area contributed by atoms with E-state index < -0.39 is 0 Å². The first-order valence-corrected chi connectivity index (χ1v) is 9.59. The molecule has 6 aromatic rings. The molecule has 0 fully saturated rings. The summed E-state index contributed by atoms with van der Waals surface area (Å²) < 4.78 is 6.15. The van der Waals surface area contributed by atoms with Gasteiger partial charge >= 0.3 is 0 Å². The molecule has 0 saturated carbocycles. The Hall–Kier alpha value is -4.70. The van der Waals surface area contributed by atoms with Gasteiger partial charge in [-0.1, -0.05) is 24.3 Å². The summed E-state index contributed by atoms with van der Waals surface area (Å²) in [7, 11) is 0. The van der Waals surface area contributed by atoms with Crippen LogP contribution in [0.2, 0.25) is 0 Å². The van der Waals surface area contributed by atoms with Gasteiger partial charge in [-0.2, -0.15) is 5.26 Å². The second-order valence-electron chi connectivity index (χ2n) is 6.92. The highest BCUT2D eigenvalue weighted by molar-refractivity contribution is 6.02. The lowest BCUT2D eigenvalue weighted by Gasteiger charge is -2.03. The van der Waals surface area contributed by atoms with Gasteiger partial charge in [-0.05, 0) is 42.5 Å². The maximum Gasteiger partial charge on any atom is 0.248 e. The van der Waals surface area contributed by atoms with Gasteiger partial charge in [0, 0.05) is 6.08 Å². The van der Waals surface area contributed by atoms with Crippen molar-refractivity contribution in [1.82, 2.24) is 24.9 Å². The topological polar surface area (TPSA) is 101 Å². The minimum absolute atomic E-state index is 0.313. The summed E-state index contributed by atoms with van der Waals surface area (Å²) in [6.45, 7) is 0. The van der Waals surface area contributed by atoms with Crippen molar-refractivity contribution in [2.75, 3.05) is 0 Å². The Bertz CT molecular complexity index is 1710. The average molecular weight is 400 g/mol. The second-order valence-corrected chi connectivity index (χ2v) is 6.92. The lowest BCUT2D eigenvalue weighted by molar-refractivity contribution is 0.619. The molecule has 7 nitrogen and oxygen atoms in total. The molecule has 0 unspecified atom stereocenters. The molecule has 3 aromatic heterocycles. The number of para-hydroxylation sites is 4. The standard InChI is InChI=1S/C24H12N6O/c25-13-5-10-18-22(29-17-9-4-2-7-15(17)26-18)24-30-20-12-11-19-21(23(20)31-24)28-16-8-3-1-6-14(16)27-19/h1-12H/b10-5-. The Morgan fingerprint density at radius 2 is 1.32 bits per heavy atom. The molecule has 0 spiro atoms. The number of nitriles is 1. The highest BCUT2D eigenvalue weighted by Crippen LogP contribution is 2.31. The van der Waals surface area contributed by atoms with Crippen LogP contribution in [0.3, 0.4) is 0 Å². The minimum atomic E-state index is 0.313. The van der Waals surface area contributed by atoms with Gasteiger partial charge in [0.25, 0.3) is 0 Å². The summed E-state index contributed by atoms with van der Waals surface area (Å²) in [4.78, 5) is 23.4. The first-order valence-electron chi connectivity index (χ1n) is 9.59. The molecule has 0 atom stereocenters. The number of allylic oxidation sites excluding steroid dienone is 1. The third kappa shape index (κ3) is 2.78. The van der Waals surface area contributed by atoms with Crippen molar-refractivity contribution in [3.8, 4) is 17.7 Å². The van der Waals surface area contributed by atoms with E-state index in [4.69, 9.17) is 19.6 Å². The zero-order valence-electron chi connectivity index (χ0n) is 16.0. The molecule has 0 amide bonds. The molecular weight excluding hydrogens is 388 g/mol. The van der Waals surface area contributed by atoms with Gasteiger partial charge in [-0.25, -0.2) is 24.9 Å². The summed E-state index contributed by atoms with van der Waals surface area (Å²) in [5.74, 6) is 0.313. The molecule has 0 bridgehead atoms. The highest BCUT2D eigenvalue weighted by Gasteiger charge is 2.18. The summed E-state index contributed by atoms with van der Waals surface area (Å²) in [5.41, 5.74) is 6.55. The van der Waals surface area contributed by atoms with E-state index in [0.29, 0.717) is 39.4 Å². The molecule has 144 valence electrons. The van der Waals surface area contributed by atoms with Gasteiger partial charge in [0.2, 0.25) is 5.89 Å². The fraction of sp³-hybridized carbons (Fsp3) is 0. The summed E-state index contributed by atoms with van der Waals surface area (Å²) >= 11 is 0. The Labute approximate surface area is 175 Å². The molecule has 0 saturated heterocycles. The van der Waals surface area contributed by atoms with Crippen molar-refractivity contribution in [3.63, 3.8) is 0 Å². The van der Waals surface area contributed by atoms with Crippen LogP contribution in [-0.4, -0.2) is 24.9 Å². The third-order valence-corrected chi connectivity index (χ3v) is 4.98. The minimum Gasteiger partial charge on any atom is -0.432 e. The summed E-state index contributed by atoms with van der Waals surface area (Å²) in [6, 6.07) is 21.0. The van der Waals surface area contributed by atoms with Crippen LogP contribution in [0, 0.1) is 11.3 Å². The monoisotopic (exact) mass is 400 g/mol. The first kappa shape index (κ1) is 17.2. The van der Waals surface area contributed by atoms with E-state index in [2.05, 4.69) is 15.0 Å². The molecular formula is C24H12N6O. The van der Waals surface area contributed by atoms with Crippen LogP contribution < -0.4 is 0 Å². The Kier molecular flexibility index (Phi) is 3.70. The van der Waals surface area contributed by atoms with E-state index in [1.54, 1.807) is 6.08 Å². The molecule has 0 radical (unpaired) electrons. The molecule has 0 aliphatic heterocycles. The van der Waals surface area contributed by atoms with E-state index in [0.717, 1.165) is 22.1 Å². The van der Waals surface area contributed by atoms with Gasteiger partial charge in [0.15, 0.2) is 11.3 Å². The number of nitrogens with zero attached hydrogens (tertiary/aromatic N) is 6. The highest BCUT2D eigenvalue weighted by atomic mass is 16.3. The number of oxazole rings is 1. The fourth-order valence-electron chi connectivity index (χ4n) is 3.57. The fourth-order valence-corrected chi connectivity index (χ4v) is 3.57. The van der Waals surface area contributed by atoms with Crippen molar-refractivity contribution in [2.24, 2.45) is 0 Å². The van der Waals surface area contributed by atoms with Crippen LogP contribution in [-0.2, 0) is 0 Å². The van der Waals surface area contributed by atoms with Crippen molar-refractivity contribution < 1.29 is 4.42 Å². The third-order valence-electron chi connectivity index (χ3n) is 4.98. The van der Waals surface area contributed by atoms with Crippen LogP contribution in [0.25, 0.3) is 61.9 Å². The molecule has 0 N–H and O–H groups in total. The van der Waals surface area contributed by atoms with Crippen LogP contribution in [0.15, 0.2) is 71.2 Å². The quantitative estimate of drug-likeness (QED) is 0.295. The molecule has 7 heteroatoms. The molecule has 0 aliphatic rings. The van der Waals surface area contributed by atoms with E-state index >= 15 is 0 Å². The van der Waals surface area contributed by atoms with Gasteiger partial charge in [-0.15, -0.1) is 0 Å². The van der Waals surface area contributed by atoms with Gasteiger partial charge in [-0.3, -0.25) is 0 Å². The van der Waals surface area contributed by atoms with E-state index in [-0.39, 0.29) is 0 Å². The van der Waals surface area contributed by atoms with E-state index in [9.17, 15) is 0 Å². The van der Waals surface area contributed by atoms with Crippen molar-refractivity contribution in [3.05, 3.63) is 72.4 Å². The zero-order chi connectivity index (χ0) is 20.8. The predicted octanol–water partition coefficient (Wildman–Crippen LogP) is 5.07. The maximum absolute atomic E-state index is 8.98. The van der Waals surface area contributed by atoms with Crippen molar-refractivity contribution in [2.45, 2.75) is 0 Å². The molecule has 6 rings (SSSR count). The number of benzene rings is 3. The van der Waals surface area contributed by atoms with Crippen molar-refractivity contribution >= 4 is 50.3 Å². The van der Waals surface area contributed by atoms with Gasteiger partial charge < -0.3 is 4.42 Å². The predicted molar refractivity (Wildman–Crippen MR) is 118 cm³/mol. The molecule has 3 aromatic carbocycles. The van der Waals surface area contributed by atoms with Crippen LogP contribution >= 0.6 is 0 Å². The second kappa shape index (κ2) is 6.68. The molecule has 0 aliphatic carbocycles. The van der Waals surface area contributed by atoms with Gasteiger partial charge in [0.1, 0.15) is 11.0 Å². The van der Waals surface area contributed by atoms with E-state index in [1.807, 2.05) is 66.7 Å². The summed E-state index contributed by atoms with van der Waals surface area (Å²) in [5, 5.41) is 8.98. The Morgan fingerprint density at radius 1 is 0.677 bits per heavy atom. The van der Waals surface area contributed by atoms with Crippen LogP contribution in [0.4, 0.5) is 0 Å². The number of aromatic nitrogens is 5. The first-order chi connectivity index (χ1) is 15.3. The maximum atomic E-state index is 8.98. The smallest absolute Gasteiger partial charge is 0.248 e. The molecule has 31 heavy (non-hydrogen) atoms. The Balaban J connectivity index is 1.63. The van der Waals surface area contributed by atoms with Crippen LogP contribution in [0.1, 0.15) is 5.69 Å².